The van der Waals surface area contributed by atoms with E-state index >= 15 is 0 Å². The Morgan fingerprint density at radius 1 is 1.35 bits per heavy atom. The first-order valence-corrected chi connectivity index (χ1v) is 6.06. The summed E-state index contributed by atoms with van der Waals surface area (Å²) in [4.78, 5) is 13.9. The van der Waals surface area contributed by atoms with Gasteiger partial charge in [0.2, 0.25) is 0 Å². The number of carbonyl (C=O) groups excluding carboxylic acids is 1. The first kappa shape index (κ1) is 12.1. The van der Waals surface area contributed by atoms with Gasteiger partial charge in [-0.05, 0) is 32.3 Å². The summed E-state index contributed by atoms with van der Waals surface area (Å²) < 4.78 is 0. The molecule has 3 heteroatoms. The third kappa shape index (κ3) is 3.07. The molecule has 92 valence electrons. The fourth-order valence-corrected chi connectivity index (χ4v) is 1.88. The summed E-state index contributed by atoms with van der Waals surface area (Å²) in [6.07, 6.45) is 2.10. The van der Waals surface area contributed by atoms with Gasteiger partial charge in [-0.1, -0.05) is 30.3 Å². The Hall–Kier alpha value is -1.35. The van der Waals surface area contributed by atoms with Crippen LogP contribution in [0.5, 0.6) is 0 Å². The average Bonchev–Trinajstić information content (AvgIpc) is 3.09. The summed E-state index contributed by atoms with van der Waals surface area (Å²) in [6.45, 7) is 3.69. The molecule has 17 heavy (non-hydrogen) atoms. The highest BCUT2D eigenvalue weighted by atomic mass is 16.3. The third-order valence-corrected chi connectivity index (χ3v) is 2.97. The minimum Gasteiger partial charge on any atom is -0.381 e. The van der Waals surface area contributed by atoms with Crippen LogP contribution in [0, 0.1) is 0 Å². The first-order valence-electron chi connectivity index (χ1n) is 6.06. The van der Waals surface area contributed by atoms with Crippen molar-refractivity contribution in [2.45, 2.75) is 44.9 Å². The Morgan fingerprint density at radius 3 is 2.41 bits per heavy atom. The molecule has 0 unspecified atom stereocenters. The van der Waals surface area contributed by atoms with Gasteiger partial charge in [-0.25, -0.2) is 0 Å². The van der Waals surface area contributed by atoms with E-state index in [2.05, 4.69) is 0 Å². The summed E-state index contributed by atoms with van der Waals surface area (Å²) in [5.41, 5.74) is -0.172. The molecule has 1 aromatic carbocycles. The van der Waals surface area contributed by atoms with Crippen LogP contribution in [0.4, 0.5) is 0 Å². The number of nitrogens with zero attached hydrogens (tertiary/aromatic N) is 1. The van der Waals surface area contributed by atoms with Crippen molar-refractivity contribution in [3.8, 4) is 0 Å². The molecule has 2 rings (SSSR count). The lowest BCUT2D eigenvalue weighted by molar-refractivity contribution is -0.149. The van der Waals surface area contributed by atoms with Crippen LogP contribution in [0.2, 0.25) is 0 Å². The molecule has 0 saturated heterocycles. The molecule has 3 nitrogen and oxygen atoms in total. The van der Waals surface area contributed by atoms with Gasteiger partial charge in [0.1, 0.15) is 5.60 Å². The van der Waals surface area contributed by atoms with Crippen molar-refractivity contribution in [2.24, 2.45) is 0 Å². The second-order valence-corrected chi connectivity index (χ2v) is 5.21. The monoisotopic (exact) mass is 233 g/mol. The average molecular weight is 233 g/mol. The van der Waals surface area contributed by atoms with Gasteiger partial charge in [0.05, 0.1) is 0 Å². The smallest absolute Gasteiger partial charge is 0.254 e. The molecule has 0 spiro atoms. The number of benzene rings is 1. The second-order valence-electron chi connectivity index (χ2n) is 5.21. The van der Waals surface area contributed by atoms with E-state index in [1.165, 1.54) is 0 Å². The molecule has 0 aromatic heterocycles. The molecule has 0 atom stereocenters. The molecular formula is C14H19NO2. The van der Waals surface area contributed by atoms with Crippen LogP contribution in [0.25, 0.3) is 0 Å². The fourth-order valence-electron chi connectivity index (χ4n) is 1.88. The van der Waals surface area contributed by atoms with Crippen LogP contribution in [0.3, 0.4) is 0 Å². The van der Waals surface area contributed by atoms with Crippen LogP contribution in [-0.4, -0.2) is 27.6 Å². The first-order chi connectivity index (χ1) is 7.98. The minimum atomic E-state index is -1.28. The van der Waals surface area contributed by atoms with Crippen molar-refractivity contribution >= 4 is 5.91 Å². The minimum absolute atomic E-state index is 0.177. The molecule has 1 saturated carbocycles. The van der Waals surface area contributed by atoms with Gasteiger partial charge in [0.15, 0.2) is 0 Å². The van der Waals surface area contributed by atoms with E-state index in [1.807, 2.05) is 30.3 Å². The molecule has 0 heterocycles. The van der Waals surface area contributed by atoms with Crippen molar-refractivity contribution in [3.05, 3.63) is 35.9 Å². The van der Waals surface area contributed by atoms with Gasteiger partial charge >= 0.3 is 0 Å². The van der Waals surface area contributed by atoms with Crippen LogP contribution in [-0.2, 0) is 11.3 Å². The highest BCUT2D eigenvalue weighted by Gasteiger charge is 2.38. The molecule has 0 bridgehead atoms. The SMILES string of the molecule is CC(C)(O)C(=O)N(Cc1ccccc1)C1CC1. The van der Waals surface area contributed by atoms with Gasteiger partial charge in [0.25, 0.3) is 5.91 Å². The van der Waals surface area contributed by atoms with Crippen molar-refractivity contribution < 1.29 is 9.90 Å². The molecule has 1 aliphatic rings. The number of rotatable bonds is 4. The number of carbonyl (C=O) groups is 1. The van der Waals surface area contributed by atoms with Crippen molar-refractivity contribution in [1.82, 2.24) is 4.90 Å². The lowest BCUT2D eigenvalue weighted by Crippen LogP contribution is -2.45. The van der Waals surface area contributed by atoms with E-state index in [4.69, 9.17) is 0 Å². The molecule has 1 fully saturated rings. The Bertz CT molecular complexity index is 390. The van der Waals surface area contributed by atoms with Crippen LogP contribution < -0.4 is 0 Å². The highest BCUT2D eigenvalue weighted by Crippen LogP contribution is 2.30. The topological polar surface area (TPSA) is 40.5 Å². The van der Waals surface area contributed by atoms with Gasteiger partial charge in [-0.3, -0.25) is 4.79 Å². The van der Waals surface area contributed by atoms with Gasteiger partial charge in [0, 0.05) is 12.6 Å². The largest absolute Gasteiger partial charge is 0.381 e. The van der Waals surface area contributed by atoms with Gasteiger partial charge in [-0.2, -0.15) is 0 Å². The maximum absolute atomic E-state index is 12.1. The molecule has 0 aliphatic heterocycles. The Balaban J connectivity index is 2.11. The predicted octanol–water partition coefficient (Wildman–Crippen LogP) is 1.95. The highest BCUT2D eigenvalue weighted by molar-refractivity contribution is 5.84. The number of hydrogen-bond acceptors (Lipinski definition) is 2. The molecule has 1 amide bonds. The molecular weight excluding hydrogens is 214 g/mol. The van der Waals surface area contributed by atoms with Crippen LogP contribution >= 0.6 is 0 Å². The van der Waals surface area contributed by atoms with Crippen molar-refractivity contribution in [1.29, 1.82) is 0 Å². The summed E-state index contributed by atoms with van der Waals surface area (Å²) >= 11 is 0. The van der Waals surface area contributed by atoms with E-state index in [0.717, 1.165) is 18.4 Å². The zero-order valence-corrected chi connectivity index (χ0v) is 10.4. The quantitative estimate of drug-likeness (QED) is 0.863. The third-order valence-electron chi connectivity index (χ3n) is 2.97. The second kappa shape index (κ2) is 4.49. The van der Waals surface area contributed by atoms with E-state index in [-0.39, 0.29) is 5.91 Å². The Kier molecular flexibility index (Phi) is 3.20. The number of amides is 1. The number of hydrogen-bond donors (Lipinski definition) is 1. The molecule has 0 radical (unpaired) electrons. The Labute approximate surface area is 102 Å². The summed E-state index contributed by atoms with van der Waals surface area (Å²) in [5, 5.41) is 9.82. The standard InChI is InChI=1S/C14H19NO2/c1-14(2,17)13(16)15(12-8-9-12)10-11-6-4-3-5-7-11/h3-7,12,17H,8-10H2,1-2H3. The van der Waals surface area contributed by atoms with Crippen molar-refractivity contribution in [3.63, 3.8) is 0 Å². The molecule has 1 N–H and O–H groups in total. The summed E-state index contributed by atoms with van der Waals surface area (Å²) in [7, 11) is 0. The van der Waals surface area contributed by atoms with Crippen LogP contribution in [0.1, 0.15) is 32.3 Å². The number of aliphatic hydroxyl groups is 1. The fraction of sp³-hybridized carbons (Fsp3) is 0.500. The lowest BCUT2D eigenvalue weighted by atomic mass is 10.1. The maximum Gasteiger partial charge on any atom is 0.254 e. The van der Waals surface area contributed by atoms with E-state index < -0.39 is 5.60 Å². The normalized spacial score (nSPS) is 15.7. The summed E-state index contributed by atoms with van der Waals surface area (Å²) in [5.74, 6) is -0.177. The molecule has 1 aromatic rings. The predicted molar refractivity (Wildman–Crippen MR) is 66.3 cm³/mol. The Morgan fingerprint density at radius 2 is 1.94 bits per heavy atom. The van der Waals surface area contributed by atoms with E-state index in [0.29, 0.717) is 12.6 Å². The van der Waals surface area contributed by atoms with E-state index in [9.17, 15) is 9.90 Å². The zero-order valence-electron chi connectivity index (χ0n) is 10.4. The van der Waals surface area contributed by atoms with Crippen LogP contribution in [0.15, 0.2) is 30.3 Å². The zero-order chi connectivity index (χ0) is 12.5. The lowest BCUT2D eigenvalue weighted by Gasteiger charge is -2.28. The molecule has 1 aliphatic carbocycles. The van der Waals surface area contributed by atoms with E-state index in [1.54, 1.807) is 18.7 Å². The van der Waals surface area contributed by atoms with Crippen molar-refractivity contribution in [2.75, 3.05) is 0 Å². The van der Waals surface area contributed by atoms with Gasteiger partial charge < -0.3 is 10.0 Å². The van der Waals surface area contributed by atoms with Gasteiger partial charge in [-0.15, -0.1) is 0 Å². The maximum atomic E-state index is 12.1. The summed E-state index contributed by atoms with van der Waals surface area (Å²) in [6, 6.07) is 10.2.